The van der Waals surface area contributed by atoms with Crippen molar-refractivity contribution in [2.75, 3.05) is 52.9 Å². The number of piperidine rings is 1. The summed E-state index contributed by atoms with van der Waals surface area (Å²) in [5, 5.41) is 7.04. The van der Waals surface area contributed by atoms with Gasteiger partial charge in [0, 0.05) is 58.2 Å². The van der Waals surface area contributed by atoms with Crippen LogP contribution in [0.1, 0.15) is 29.1 Å². The van der Waals surface area contributed by atoms with Crippen molar-refractivity contribution < 1.29 is 0 Å². The summed E-state index contributed by atoms with van der Waals surface area (Å²) in [6.07, 6.45) is 2.50. The molecule has 1 aromatic carbocycles. The third-order valence-corrected chi connectivity index (χ3v) is 7.26. The molecule has 0 unspecified atom stereocenters. The zero-order chi connectivity index (χ0) is 21.5. The third-order valence-electron chi connectivity index (χ3n) is 6.44. The van der Waals surface area contributed by atoms with Crippen LogP contribution in [0.5, 0.6) is 0 Å². The van der Waals surface area contributed by atoms with Gasteiger partial charge in [-0.25, -0.2) is 4.98 Å². The summed E-state index contributed by atoms with van der Waals surface area (Å²) in [7, 11) is 1.91. The normalized spacial score (nSPS) is 19.7. The molecule has 4 rings (SSSR count). The molecular formula is C24H36N6S. The van der Waals surface area contributed by atoms with Crippen molar-refractivity contribution in [3.63, 3.8) is 0 Å². The zero-order valence-corrected chi connectivity index (χ0v) is 19.8. The standard InChI is InChI=1S/C24H36N6S/c1-20-27-23(19-31-20)18-28-10-8-21(9-11-28)16-26-24(25-2)30-14-12-29(13-15-30)17-22-6-4-3-5-7-22/h3-7,19,21H,8-18H2,1-2H3,(H,25,26). The summed E-state index contributed by atoms with van der Waals surface area (Å²) in [4.78, 5) is 16.7. The summed E-state index contributed by atoms with van der Waals surface area (Å²) in [5.41, 5.74) is 2.63. The third kappa shape index (κ3) is 6.51. The molecule has 3 heterocycles. The van der Waals surface area contributed by atoms with Crippen LogP contribution in [-0.2, 0) is 13.1 Å². The summed E-state index contributed by atoms with van der Waals surface area (Å²) >= 11 is 1.75. The zero-order valence-electron chi connectivity index (χ0n) is 19.0. The molecule has 2 saturated heterocycles. The molecule has 6 nitrogen and oxygen atoms in total. The van der Waals surface area contributed by atoms with Gasteiger partial charge in [0.2, 0.25) is 0 Å². The maximum Gasteiger partial charge on any atom is 0.193 e. The molecule has 0 radical (unpaired) electrons. The van der Waals surface area contributed by atoms with Gasteiger partial charge in [-0.2, -0.15) is 0 Å². The molecule has 1 N–H and O–H groups in total. The second kappa shape index (κ2) is 11.1. The number of guanidine groups is 1. The van der Waals surface area contributed by atoms with E-state index in [4.69, 9.17) is 0 Å². The van der Waals surface area contributed by atoms with E-state index >= 15 is 0 Å². The maximum atomic E-state index is 4.61. The monoisotopic (exact) mass is 440 g/mol. The fourth-order valence-electron chi connectivity index (χ4n) is 4.59. The molecular weight excluding hydrogens is 404 g/mol. The van der Waals surface area contributed by atoms with Crippen molar-refractivity contribution in [2.45, 2.75) is 32.9 Å². The van der Waals surface area contributed by atoms with Gasteiger partial charge in [0.05, 0.1) is 10.7 Å². The van der Waals surface area contributed by atoms with E-state index < -0.39 is 0 Å². The first-order valence-corrected chi connectivity index (χ1v) is 12.4. The molecule has 2 fully saturated rings. The van der Waals surface area contributed by atoms with Gasteiger partial charge in [0.1, 0.15) is 0 Å². The van der Waals surface area contributed by atoms with Crippen molar-refractivity contribution in [3.05, 3.63) is 52.0 Å². The predicted octanol–water partition coefficient (Wildman–Crippen LogP) is 3.06. The second-order valence-corrected chi connectivity index (χ2v) is 9.82. The van der Waals surface area contributed by atoms with Gasteiger partial charge >= 0.3 is 0 Å². The van der Waals surface area contributed by atoms with Gasteiger partial charge in [0.15, 0.2) is 5.96 Å². The number of hydrogen-bond donors (Lipinski definition) is 1. The van der Waals surface area contributed by atoms with Crippen molar-refractivity contribution in [3.8, 4) is 0 Å². The lowest BCUT2D eigenvalue weighted by molar-refractivity contribution is 0.166. The van der Waals surface area contributed by atoms with Gasteiger partial charge in [-0.05, 0) is 44.3 Å². The average Bonchev–Trinajstić information content (AvgIpc) is 3.21. The average molecular weight is 441 g/mol. The quantitative estimate of drug-likeness (QED) is 0.553. The Morgan fingerprint density at radius 2 is 1.74 bits per heavy atom. The van der Waals surface area contributed by atoms with Crippen molar-refractivity contribution in [1.29, 1.82) is 0 Å². The van der Waals surface area contributed by atoms with Gasteiger partial charge < -0.3 is 10.2 Å². The number of aryl methyl sites for hydroxylation is 1. The van der Waals surface area contributed by atoms with E-state index in [0.29, 0.717) is 0 Å². The Bertz CT molecular complexity index is 820. The van der Waals surface area contributed by atoms with Crippen LogP contribution in [-0.4, -0.2) is 78.5 Å². The lowest BCUT2D eigenvalue weighted by Crippen LogP contribution is -2.53. The minimum absolute atomic E-state index is 0.726. The topological polar surface area (TPSA) is 47.0 Å². The van der Waals surface area contributed by atoms with Crippen LogP contribution in [0, 0.1) is 12.8 Å². The smallest absolute Gasteiger partial charge is 0.193 e. The molecule has 2 aliphatic heterocycles. The van der Waals surface area contributed by atoms with Crippen LogP contribution in [0.2, 0.25) is 0 Å². The first-order valence-electron chi connectivity index (χ1n) is 11.5. The minimum Gasteiger partial charge on any atom is -0.356 e. The Kier molecular flexibility index (Phi) is 7.94. The largest absolute Gasteiger partial charge is 0.356 e. The number of piperazine rings is 1. The highest BCUT2D eigenvalue weighted by Gasteiger charge is 2.23. The Balaban J connectivity index is 1.16. The van der Waals surface area contributed by atoms with Crippen LogP contribution in [0.4, 0.5) is 0 Å². The van der Waals surface area contributed by atoms with Crippen LogP contribution in [0.3, 0.4) is 0 Å². The number of hydrogen-bond acceptors (Lipinski definition) is 5. The first kappa shape index (κ1) is 22.2. The Morgan fingerprint density at radius 3 is 2.39 bits per heavy atom. The number of thiazole rings is 1. The number of aliphatic imine (C=N–C) groups is 1. The second-order valence-electron chi connectivity index (χ2n) is 8.75. The fraction of sp³-hybridized carbons (Fsp3) is 0.583. The van der Waals surface area contributed by atoms with E-state index in [1.807, 2.05) is 7.05 Å². The van der Waals surface area contributed by atoms with Gasteiger partial charge in [0.25, 0.3) is 0 Å². The highest BCUT2D eigenvalue weighted by atomic mass is 32.1. The van der Waals surface area contributed by atoms with E-state index in [9.17, 15) is 0 Å². The SMILES string of the molecule is CN=C(NCC1CCN(Cc2csc(C)n2)CC1)N1CCN(Cc2ccccc2)CC1. The summed E-state index contributed by atoms with van der Waals surface area (Å²) < 4.78 is 0. The van der Waals surface area contributed by atoms with Crippen molar-refractivity contribution in [1.82, 2.24) is 25.0 Å². The molecule has 0 saturated carbocycles. The molecule has 0 amide bonds. The van der Waals surface area contributed by atoms with Gasteiger partial charge in [-0.3, -0.25) is 14.8 Å². The van der Waals surface area contributed by atoms with Gasteiger partial charge in [-0.1, -0.05) is 30.3 Å². The van der Waals surface area contributed by atoms with Crippen LogP contribution < -0.4 is 5.32 Å². The van der Waals surface area contributed by atoms with Crippen molar-refractivity contribution in [2.24, 2.45) is 10.9 Å². The number of nitrogens with zero attached hydrogens (tertiary/aromatic N) is 5. The van der Waals surface area contributed by atoms with E-state index in [0.717, 1.165) is 57.7 Å². The highest BCUT2D eigenvalue weighted by Crippen LogP contribution is 2.19. The van der Waals surface area contributed by atoms with Crippen molar-refractivity contribution >= 4 is 17.3 Å². The lowest BCUT2D eigenvalue weighted by Gasteiger charge is -2.37. The number of likely N-dealkylation sites (tertiary alicyclic amines) is 1. The molecule has 7 heteroatoms. The molecule has 0 aliphatic carbocycles. The van der Waals surface area contributed by atoms with Crippen LogP contribution in [0.15, 0.2) is 40.7 Å². The van der Waals surface area contributed by atoms with Crippen LogP contribution in [0.25, 0.3) is 0 Å². The van der Waals surface area contributed by atoms with E-state index in [1.165, 1.54) is 42.2 Å². The molecule has 31 heavy (non-hydrogen) atoms. The molecule has 0 atom stereocenters. The molecule has 1 aromatic heterocycles. The maximum absolute atomic E-state index is 4.61. The summed E-state index contributed by atoms with van der Waals surface area (Å²) in [5.74, 6) is 1.80. The Morgan fingerprint density at radius 1 is 1.03 bits per heavy atom. The van der Waals surface area contributed by atoms with E-state index in [2.05, 4.69) is 72.6 Å². The summed E-state index contributed by atoms with van der Waals surface area (Å²) in [6, 6.07) is 10.8. The molecule has 0 bridgehead atoms. The molecule has 0 spiro atoms. The van der Waals surface area contributed by atoms with Crippen LogP contribution >= 0.6 is 11.3 Å². The predicted molar refractivity (Wildman–Crippen MR) is 130 cm³/mol. The minimum atomic E-state index is 0.726. The molecule has 2 aromatic rings. The molecule has 168 valence electrons. The van der Waals surface area contributed by atoms with E-state index in [-0.39, 0.29) is 0 Å². The number of nitrogens with one attached hydrogen (secondary N) is 1. The number of rotatable bonds is 6. The first-order chi connectivity index (χ1) is 15.2. The molecule has 2 aliphatic rings. The lowest BCUT2D eigenvalue weighted by atomic mass is 9.97. The number of benzene rings is 1. The Hall–Kier alpha value is -1.96. The van der Waals surface area contributed by atoms with Gasteiger partial charge in [-0.15, -0.1) is 11.3 Å². The highest BCUT2D eigenvalue weighted by molar-refractivity contribution is 7.09. The number of aromatic nitrogens is 1. The van der Waals surface area contributed by atoms with E-state index in [1.54, 1.807) is 11.3 Å². The fourth-order valence-corrected chi connectivity index (χ4v) is 5.19. The summed E-state index contributed by atoms with van der Waals surface area (Å²) in [6.45, 7) is 11.7. The Labute approximate surface area is 191 Å².